The molecule has 0 saturated carbocycles. The topological polar surface area (TPSA) is 0 Å². The molecule has 0 aromatic carbocycles. The Hall–Kier alpha value is -0.230. The van der Waals surface area contributed by atoms with Crippen molar-refractivity contribution >= 4 is 11.6 Å². The zero-order valence-corrected chi connectivity index (χ0v) is 17.2. The first-order chi connectivity index (χ1) is 11.8. The molecular formula is C23H43Cl. The zero-order chi connectivity index (χ0) is 17.7. The van der Waals surface area contributed by atoms with Crippen LogP contribution in [0.3, 0.4) is 0 Å². The minimum absolute atomic E-state index is 0.947. The lowest BCUT2D eigenvalue weighted by Crippen LogP contribution is -1.85. The second-order valence-corrected chi connectivity index (χ2v) is 7.53. The Morgan fingerprint density at radius 3 is 1.38 bits per heavy atom. The first kappa shape index (κ1) is 23.8. The molecule has 1 heteroatoms. The maximum atomic E-state index is 5.81. The van der Waals surface area contributed by atoms with Crippen LogP contribution in [0.15, 0.2) is 23.8 Å². The van der Waals surface area contributed by atoms with Gasteiger partial charge in [0.15, 0.2) is 0 Å². The zero-order valence-electron chi connectivity index (χ0n) is 16.5. The Labute approximate surface area is 158 Å². The Kier molecular flexibility index (Phi) is 20.6. The lowest BCUT2D eigenvalue weighted by atomic mass is 10.0. The van der Waals surface area contributed by atoms with Gasteiger partial charge in [0, 0.05) is 5.54 Å². The summed E-state index contributed by atoms with van der Waals surface area (Å²) < 4.78 is 0. The second-order valence-electron chi connectivity index (χ2n) is 7.31. The maximum Gasteiger partial charge on any atom is 0.00376 e. The van der Waals surface area contributed by atoms with Gasteiger partial charge in [0.05, 0.1) is 0 Å². The number of halogens is 1. The van der Waals surface area contributed by atoms with E-state index >= 15 is 0 Å². The molecule has 0 aliphatic heterocycles. The third-order valence-corrected chi connectivity index (χ3v) is 5.22. The summed E-state index contributed by atoms with van der Waals surface area (Å²) in [5, 5.41) is 0. The highest BCUT2D eigenvalue weighted by atomic mass is 35.5. The third kappa shape index (κ3) is 18.1. The van der Waals surface area contributed by atoms with Crippen molar-refractivity contribution in [3.8, 4) is 0 Å². The molecule has 24 heavy (non-hydrogen) atoms. The van der Waals surface area contributed by atoms with E-state index < -0.39 is 0 Å². The minimum Gasteiger partial charge on any atom is -0.103 e. The predicted molar refractivity (Wildman–Crippen MR) is 113 cm³/mol. The van der Waals surface area contributed by atoms with E-state index in [2.05, 4.69) is 13.5 Å². The molecule has 0 saturated heterocycles. The van der Waals surface area contributed by atoms with E-state index in [1.807, 2.05) is 6.08 Å². The first-order valence-corrected chi connectivity index (χ1v) is 11.2. The van der Waals surface area contributed by atoms with E-state index in [4.69, 9.17) is 11.6 Å². The van der Waals surface area contributed by atoms with Crippen LogP contribution in [0, 0.1) is 0 Å². The van der Waals surface area contributed by atoms with E-state index in [1.165, 1.54) is 108 Å². The summed E-state index contributed by atoms with van der Waals surface area (Å²) in [6.07, 6.45) is 26.8. The van der Waals surface area contributed by atoms with Crippen molar-refractivity contribution in [2.24, 2.45) is 0 Å². The second kappa shape index (κ2) is 20.8. The fourth-order valence-corrected chi connectivity index (χ4v) is 3.48. The molecule has 0 spiro atoms. The summed E-state index contributed by atoms with van der Waals surface area (Å²) in [4.78, 5) is 0. The number of hydrogen-bond donors (Lipinski definition) is 0. The van der Waals surface area contributed by atoms with Crippen LogP contribution in [0.2, 0.25) is 0 Å². The molecule has 0 aromatic heterocycles. The van der Waals surface area contributed by atoms with Crippen LogP contribution in [0.25, 0.3) is 0 Å². The van der Waals surface area contributed by atoms with Gasteiger partial charge < -0.3 is 0 Å². The summed E-state index contributed by atoms with van der Waals surface area (Å²) in [5.41, 5.74) is 3.07. The van der Waals surface area contributed by atoms with Gasteiger partial charge in [-0.15, -0.1) is 6.58 Å². The Balaban J connectivity index is 3.11. The standard InChI is InChI=1S/C23H43Cl/c1-3-5-6-7-8-9-10-11-12-13-14-15-16-17-18-19-21-23(22-24)20-4-2/h4,22H,2-3,5-21H2,1H3. The van der Waals surface area contributed by atoms with Crippen LogP contribution in [-0.2, 0) is 0 Å². The van der Waals surface area contributed by atoms with Crippen LogP contribution < -0.4 is 0 Å². The lowest BCUT2D eigenvalue weighted by molar-refractivity contribution is 0.529. The van der Waals surface area contributed by atoms with E-state index in [9.17, 15) is 0 Å². The number of rotatable bonds is 19. The van der Waals surface area contributed by atoms with E-state index in [0.717, 1.165) is 12.8 Å². The van der Waals surface area contributed by atoms with E-state index in [-0.39, 0.29) is 0 Å². The molecule has 0 aromatic rings. The van der Waals surface area contributed by atoms with Crippen molar-refractivity contribution in [2.75, 3.05) is 0 Å². The van der Waals surface area contributed by atoms with Gasteiger partial charge in [-0.05, 0) is 19.3 Å². The van der Waals surface area contributed by atoms with Gasteiger partial charge in [0.1, 0.15) is 0 Å². The highest BCUT2D eigenvalue weighted by Gasteiger charge is 1.97. The van der Waals surface area contributed by atoms with Crippen molar-refractivity contribution in [1.29, 1.82) is 0 Å². The normalized spacial score (nSPS) is 11.8. The van der Waals surface area contributed by atoms with Crippen LogP contribution in [0.5, 0.6) is 0 Å². The molecule has 0 radical (unpaired) electrons. The van der Waals surface area contributed by atoms with Crippen molar-refractivity contribution < 1.29 is 0 Å². The van der Waals surface area contributed by atoms with Crippen molar-refractivity contribution in [1.82, 2.24) is 0 Å². The number of hydrogen-bond acceptors (Lipinski definition) is 0. The van der Waals surface area contributed by atoms with Crippen LogP contribution in [0.1, 0.15) is 122 Å². The van der Waals surface area contributed by atoms with E-state index in [1.54, 1.807) is 5.54 Å². The summed E-state index contributed by atoms with van der Waals surface area (Å²) in [6.45, 7) is 6.06. The molecule has 0 atom stereocenters. The maximum absolute atomic E-state index is 5.81. The van der Waals surface area contributed by atoms with E-state index in [0.29, 0.717) is 0 Å². The van der Waals surface area contributed by atoms with Gasteiger partial charge in [-0.25, -0.2) is 0 Å². The highest BCUT2D eigenvalue weighted by Crippen LogP contribution is 2.17. The molecule has 0 N–H and O–H groups in total. The molecule has 0 aliphatic rings. The summed E-state index contributed by atoms with van der Waals surface area (Å²) in [7, 11) is 0. The van der Waals surface area contributed by atoms with Crippen molar-refractivity contribution in [2.45, 2.75) is 122 Å². The van der Waals surface area contributed by atoms with Crippen molar-refractivity contribution in [3.63, 3.8) is 0 Å². The molecule has 0 heterocycles. The Morgan fingerprint density at radius 1 is 0.667 bits per heavy atom. The van der Waals surface area contributed by atoms with Crippen LogP contribution in [-0.4, -0.2) is 0 Å². The first-order valence-electron chi connectivity index (χ1n) is 10.7. The van der Waals surface area contributed by atoms with Crippen LogP contribution >= 0.6 is 11.6 Å². The smallest absolute Gasteiger partial charge is 0.00376 e. The molecule has 0 unspecified atom stereocenters. The SMILES string of the molecule is C=CCC(=CCl)CCCCCCCCCCCCCCCCCC. The minimum atomic E-state index is 0.947. The number of unbranched alkanes of at least 4 members (excludes halogenated alkanes) is 15. The van der Waals surface area contributed by atoms with Gasteiger partial charge >= 0.3 is 0 Å². The molecule has 0 nitrogen and oxygen atoms in total. The molecule has 0 amide bonds. The van der Waals surface area contributed by atoms with Crippen LogP contribution in [0.4, 0.5) is 0 Å². The molecule has 0 fully saturated rings. The summed E-state index contributed by atoms with van der Waals surface area (Å²) in [5.74, 6) is 0. The monoisotopic (exact) mass is 354 g/mol. The van der Waals surface area contributed by atoms with Gasteiger partial charge in [-0.2, -0.15) is 0 Å². The summed E-state index contributed by atoms with van der Waals surface area (Å²) >= 11 is 5.81. The summed E-state index contributed by atoms with van der Waals surface area (Å²) in [6, 6.07) is 0. The molecule has 0 aliphatic carbocycles. The molecule has 142 valence electrons. The largest absolute Gasteiger partial charge is 0.103 e. The molecular weight excluding hydrogens is 312 g/mol. The predicted octanol–water partition coefficient (Wildman–Crippen LogP) is 9.34. The fourth-order valence-electron chi connectivity index (χ4n) is 3.29. The Bertz CT molecular complexity index is 280. The molecule has 0 rings (SSSR count). The number of allylic oxidation sites excluding steroid dienone is 2. The lowest BCUT2D eigenvalue weighted by Gasteiger charge is -2.05. The average molecular weight is 355 g/mol. The molecule has 0 bridgehead atoms. The van der Waals surface area contributed by atoms with Gasteiger partial charge in [0.2, 0.25) is 0 Å². The van der Waals surface area contributed by atoms with Gasteiger partial charge in [0.25, 0.3) is 0 Å². The fraction of sp³-hybridized carbons (Fsp3) is 0.826. The van der Waals surface area contributed by atoms with Crippen molar-refractivity contribution in [3.05, 3.63) is 23.8 Å². The Morgan fingerprint density at radius 2 is 1.04 bits per heavy atom. The van der Waals surface area contributed by atoms with Gasteiger partial charge in [-0.1, -0.05) is 126 Å². The third-order valence-electron chi connectivity index (χ3n) is 4.91. The quantitative estimate of drug-likeness (QED) is 0.160. The van der Waals surface area contributed by atoms with Gasteiger partial charge in [-0.3, -0.25) is 0 Å². The highest BCUT2D eigenvalue weighted by molar-refractivity contribution is 6.25. The average Bonchev–Trinajstić information content (AvgIpc) is 2.60.